The highest BCUT2D eigenvalue weighted by atomic mass is 32.2. The van der Waals surface area contributed by atoms with Gasteiger partial charge in [-0.05, 0) is 24.3 Å². The van der Waals surface area contributed by atoms with Gasteiger partial charge in [0.25, 0.3) is 5.91 Å². The van der Waals surface area contributed by atoms with E-state index in [2.05, 4.69) is 10.4 Å². The Morgan fingerprint density at radius 1 is 1.40 bits per heavy atom. The van der Waals surface area contributed by atoms with Gasteiger partial charge in [0.15, 0.2) is 5.69 Å². The van der Waals surface area contributed by atoms with Gasteiger partial charge in [-0.15, -0.1) is 0 Å². The van der Waals surface area contributed by atoms with Gasteiger partial charge in [0.1, 0.15) is 5.82 Å². The number of sulfonamides is 1. The summed E-state index contributed by atoms with van der Waals surface area (Å²) < 4.78 is 37.3. The maximum atomic E-state index is 13.6. The third-order valence-electron chi connectivity index (χ3n) is 2.46. The highest BCUT2D eigenvalue weighted by molar-refractivity contribution is 7.89. The van der Waals surface area contributed by atoms with E-state index in [0.717, 1.165) is 18.2 Å². The third kappa shape index (κ3) is 3.00. The number of hydrogen-bond acceptors (Lipinski definition) is 4. The molecule has 0 aliphatic carbocycles. The lowest BCUT2D eigenvalue weighted by Crippen LogP contribution is -2.16. The zero-order chi connectivity index (χ0) is 14.9. The van der Waals surface area contributed by atoms with Crippen LogP contribution in [0.3, 0.4) is 0 Å². The largest absolute Gasteiger partial charge is 0.318 e. The molecule has 20 heavy (non-hydrogen) atoms. The van der Waals surface area contributed by atoms with Crippen LogP contribution in [-0.4, -0.2) is 24.1 Å². The third-order valence-corrected chi connectivity index (χ3v) is 3.37. The second-order valence-electron chi connectivity index (χ2n) is 4.02. The van der Waals surface area contributed by atoms with Crippen molar-refractivity contribution in [2.75, 3.05) is 5.32 Å². The quantitative estimate of drug-likeness (QED) is 0.858. The number of benzene rings is 1. The normalized spacial score (nSPS) is 11.3. The summed E-state index contributed by atoms with van der Waals surface area (Å²) in [5.74, 6) is -1.43. The van der Waals surface area contributed by atoms with E-state index in [1.807, 2.05) is 0 Å². The number of rotatable bonds is 3. The topological polar surface area (TPSA) is 107 Å². The van der Waals surface area contributed by atoms with Crippen LogP contribution in [0.25, 0.3) is 0 Å². The minimum Gasteiger partial charge on any atom is -0.318 e. The van der Waals surface area contributed by atoms with E-state index in [-0.39, 0.29) is 16.3 Å². The Labute approximate surface area is 114 Å². The first-order valence-corrected chi connectivity index (χ1v) is 6.95. The molecular weight excluding hydrogens is 287 g/mol. The number of carbonyl (C=O) groups excluding carboxylic acids is 1. The number of carbonyl (C=O) groups is 1. The summed E-state index contributed by atoms with van der Waals surface area (Å²) in [6.07, 6.45) is 1.55. The van der Waals surface area contributed by atoms with Gasteiger partial charge in [-0.25, -0.2) is 17.9 Å². The van der Waals surface area contributed by atoms with Crippen LogP contribution in [0.1, 0.15) is 10.5 Å². The van der Waals surface area contributed by atoms with E-state index >= 15 is 0 Å². The molecule has 0 spiro atoms. The molecule has 1 amide bonds. The summed E-state index contributed by atoms with van der Waals surface area (Å²) in [4.78, 5) is 11.5. The first kappa shape index (κ1) is 14.2. The minimum atomic E-state index is -3.98. The van der Waals surface area contributed by atoms with E-state index in [1.54, 1.807) is 13.2 Å². The predicted octanol–water partition coefficient (Wildman–Crippen LogP) is 0.459. The van der Waals surface area contributed by atoms with Gasteiger partial charge >= 0.3 is 0 Å². The van der Waals surface area contributed by atoms with Gasteiger partial charge in [0, 0.05) is 13.2 Å². The number of nitrogens with two attached hydrogens (primary N) is 1. The van der Waals surface area contributed by atoms with Gasteiger partial charge in [-0.3, -0.25) is 9.48 Å². The standard InChI is InChI=1S/C11H11FN4O3S/c1-16-5-4-9(15-16)11(17)14-10-6-7(20(13,18)19)2-3-8(10)12/h2-6H,1H3,(H,14,17)(H2,13,18,19). The molecule has 0 atom stereocenters. The molecule has 0 aliphatic heterocycles. The second kappa shape index (κ2) is 5.02. The number of anilines is 1. The Morgan fingerprint density at radius 3 is 2.65 bits per heavy atom. The Kier molecular flexibility index (Phi) is 3.55. The summed E-state index contributed by atoms with van der Waals surface area (Å²) in [6.45, 7) is 0. The molecule has 0 bridgehead atoms. The number of nitrogens with one attached hydrogen (secondary N) is 1. The van der Waals surface area contributed by atoms with Crippen molar-refractivity contribution in [2.45, 2.75) is 4.90 Å². The number of primary sulfonamides is 1. The lowest BCUT2D eigenvalue weighted by atomic mass is 10.3. The summed E-state index contributed by atoms with van der Waals surface area (Å²) in [7, 11) is -2.35. The first-order valence-electron chi connectivity index (χ1n) is 5.41. The highest BCUT2D eigenvalue weighted by Crippen LogP contribution is 2.19. The molecule has 0 fully saturated rings. The maximum Gasteiger partial charge on any atom is 0.276 e. The average molecular weight is 298 g/mol. The lowest BCUT2D eigenvalue weighted by molar-refractivity contribution is 0.102. The van der Waals surface area contributed by atoms with Gasteiger partial charge < -0.3 is 5.32 Å². The summed E-state index contributed by atoms with van der Waals surface area (Å²) in [5, 5.41) is 11.0. The molecule has 2 rings (SSSR count). The summed E-state index contributed by atoms with van der Waals surface area (Å²) in [6, 6.07) is 4.32. The first-order chi connectivity index (χ1) is 9.27. The van der Waals surface area contributed by atoms with Crippen LogP contribution in [0.5, 0.6) is 0 Å². The van der Waals surface area contributed by atoms with Crippen molar-refractivity contribution in [3.8, 4) is 0 Å². The van der Waals surface area contributed by atoms with E-state index in [9.17, 15) is 17.6 Å². The Bertz CT molecular complexity index is 770. The van der Waals surface area contributed by atoms with Crippen molar-refractivity contribution in [3.05, 3.63) is 42.0 Å². The molecular formula is C11H11FN4O3S. The number of halogens is 1. The second-order valence-corrected chi connectivity index (χ2v) is 5.58. The molecule has 0 unspecified atom stereocenters. The molecule has 0 radical (unpaired) electrons. The van der Waals surface area contributed by atoms with Gasteiger partial charge in [0.05, 0.1) is 10.6 Å². The molecule has 0 saturated carbocycles. The summed E-state index contributed by atoms with van der Waals surface area (Å²) in [5.41, 5.74) is -0.208. The van der Waals surface area contributed by atoms with Crippen molar-refractivity contribution < 1.29 is 17.6 Å². The molecule has 0 aliphatic rings. The zero-order valence-corrected chi connectivity index (χ0v) is 11.2. The highest BCUT2D eigenvalue weighted by Gasteiger charge is 2.15. The number of amides is 1. The van der Waals surface area contributed by atoms with Crippen molar-refractivity contribution >= 4 is 21.6 Å². The van der Waals surface area contributed by atoms with Crippen LogP contribution in [0.4, 0.5) is 10.1 Å². The molecule has 9 heteroatoms. The molecule has 106 valence electrons. The zero-order valence-electron chi connectivity index (χ0n) is 10.4. The van der Waals surface area contributed by atoms with Crippen LogP contribution in [0.15, 0.2) is 35.4 Å². The van der Waals surface area contributed by atoms with E-state index in [1.165, 1.54) is 10.7 Å². The Hall–Kier alpha value is -2.26. The van der Waals surface area contributed by atoms with Crippen LogP contribution in [-0.2, 0) is 17.1 Å². The molecule has 1 aromatic carbocycles. The number of aryl methyl sites for hydroxylation is 1. The van der Waals surface area contributed by atoms with Gasteiger partial charge in [0.2, 0.25) is 10.0 Å². The molecule has 2 aromatic rings. The fourth-order valence-electron chi connectivity index (χ4n) is 1.50. The van der Waals surface area contributed by atoms with Gasteiger partial charge in [-0.1, -0.05) is 0 Å². The lowest BCUT2D eigenvalue weighted by Gasteiger charge is -2.06. The fourth-order valence-corrected chi connectivity index (χ4v) is 2.04. The van der Waals surface area contributed by atoms with E-state index in [0.29, 0.717) is 0 Å². The Morgan fingerprint density at radius 2 is 2.10 bits per heavy atom. The monoisotopic (exact) mass is 298 g/mol. The molecule has 1 heterocycles. The number of aromatic nitrogens is 2. The Balaban J connectivity index is 2.31. The van der Waals surface area contributed by atoms with Gasteiger partial charge in [-0.2, -0.15) is 5.10 Å². The summed E-state index contributed by atoms with van der Waals surface area (Å²) >= 11 is 0. The van der Waals surface area contributed by atoms with Crippen LogP contribution in [0, 0.1) is 5.82 Å². The fraction of sp³-hybridized carbons (Fsp3) is 0.0909. The van der Waals surface area contributed by atoms with Crippen molar-refractivity contribution in [3.63, 3.8) is 0 Å². The minimum absolute atomic E-state index is 0.0768. The average Bonchev–Trinajstić information content (AvgIpc) is 2.77. The molecule has 0 saturated heterocycles. The smallest absolute Gasteiger partial charge is 0.276 e. The predicted molar refractivity (Wildman–Crippen MR) is 68.9 cm³/mol. The molecule has 3 N–H and O–H groups in total. The van der Waals surface area contributed by atoms with Crippen molar-refractivity contribution in [1.29, 1.82) is 0 Å². The SMILES string of the molecule is Cn1ccc(C(=O)Nc2cc(S(N)(=O)=O)ccc2F)n1. The van der Waals surface area contributed by atoms with Crippen LogP contribution >= 0.6 is 0 Å². The number of hydrogen-bond donors (Lipinski definition) is 2. The molecule has 7 nitrogen and oxygen atoms in total. The molecule has 1 aromatic heterocycles. The van der Waals surface area contributed by atoms with E-state index in [4.69, 9.17) is 5.14 Å². The van der Waals surface area contributed by atoms with E-state index < -0.39 is 21.7 Å². The van der Waals surface area contributed by atoms with Crippen LogP contribution in [0.2, 0.25) is 0 Å². The van der Waals surface area contributed by atoms with Crippen molar-refractivity contribution in [2.24, 2.45) is 12.2 Å². The van der Waals surface area contributed by atoms with Crippen LogP contribution < -0.4 is 10.5 Å². The number of nitrogens with zero attached hydrogens (tertiary/aromatic N) is 2. The van der Waals surface area contributed by atoms with Crippen molar-refractivity contribution in [1.82, 2.24) is 9.78 Å². The maximum absolute atomic E-state index is 13.6.